The molecule has 0 radical (unpaired) electrons. The number of hydrogen-bond acceptors (Lipinski definition) is 3. The van der Waals surface area contributed by atoms with Gasteiger partial charge in [-0.1, -0.05) is 6.07 Å². The van der Waals surface area contributed by atoms with E-state index < -0.39 is 0 Å². The Balaban J connectivity index is 2.60. The van der Waals surface area contributed by atoms with Gasteiger partial charge in [-0.05, 0) is 26.0 Å². The molecule has 1 rings (SSSR count). The van der Waals surface area contributed by atoms with Crippen molar-refractivity contribution in [3.8, 4) is 0 Å². The quantitative estimate of drug-likeness (QED) is 0.719. The lowest BCUT2D eigenvalue weighted by Gasteiger charge is -2.16. The lowest BCUT2D eigenvalue weighted by molar-refractivity contribution is -0.134. The second-order valence-corrected chi connectivity index (χ2v) is 3.90. The Morgan fingerprint density at radius 3 is 2.62 bits per heavy atom. The van der Waals surface area contributed by atoms with Gasteiger partial charge in [-0.3, -0.25) is 14.6 Å². The molecule has 0 saturated carbocycles. The van der Waals surface area contributed by atoms with Gasteiger partial charge in [0.2, 0.25) is 5.91 Å². The van der Waals surface area contributed by atoms with Gasteiger partial charge < -0.3 is 4.90 Å². The smallest absolute Gasteiger partial charge is 0.230 e. The third-order valence-electron chi connectivity index (χ3n) is 2.17. The number of aryl methyl sites for hydroxylation is 1. The number of aromatic nitrogens is 1. The molecule has 0 bridgehead atoms. The average molecular weight is 220 g/mol. The van der Waals surface area contributed by atoms with Crippen LogP contribution in [0.15, 0.2) is 18.2 Å². The van der Waals surface area contributed by atoms with Crippen molar-refractivity contribution >= 4 is 11.7 Å². The molecular weight excluding hydrogens is 204 g/mol. The van der Waals surface area contributed by atoms with Gasteiger partial charge in [0.15, 0.2) is 0 Å². The highest BCUT2D eigenvalue weighted by atomic mass is 16.2. The maximum atomic E-state index is 11.5. The van der Waals surface area contributed by atoms with Crippen molar-refractivity contribution < 1.29 is 9.59 Å². The molecule has 86 valence electrons. The third-order valence-corrected chi connectivity index (χ3v) is 2.17. The highest BCUT2D eigenvalue weighted by Gasteiger charge is 2.11. The molecule has 4 heteroatoms. The predicted molar refractivity (Wildman–Crippen MR) is 60.7 cm³/mol. The summed E-state index contributed by atoms with van der Waals surface area (Å²) < 4.78 is 0. The predicted octanol–water partition coefficient (Wildman–Crippen LogP) is 1.33. The normalized spacial score (nSPS) is 9.94. The Bertz CT molecular complexity index is 402. The monoisotopic (exact) mass is 220 g/mol. The van der Waals surface area contributed by atoms with E-state index in [1.54, 1.807) is 7.05 Å². The number of carbonyl (C=O) groups excluding carboxylic acids is 2. The van der Waals surface area contributed by atoms with E-state index in [9.17, 15) is 9.59 Å². The SMILES string of the molecule is CC(=O)CC(=O)N(C)Cc1cccc(C)n1. The molecule has 0 aliphatic rings. The Morgan fingerprint density at radius 2 is 2.06 bits per heavy atom. The minimum absolute atomic E-state index is 0.0394. The van der Waals surface area contributed by atoms with Gasteiger partial charge in [0.05, 0.1) is 18.7 Å². The molecule has 0 unspecified atom stereocenters. The number of rotatable bonds is 4. The molecule has 0 N–H and O–H groups in total. The van der Waals surface area contributed by atoms with E-state index in [1.165, 1.54) is 11.8 Å². The van der Waals surface area contributed by atoms with Crippen LogP contribution in [0.5, 0.6) is 0 Å². The first-order valence-electron chi connectivity index (χ1n) is 5.15. The highest BCUT2D eigenvalue weighted by Crippen LogP contribution is 2.03. The molecular formula is C12H16N2O2. The summed E-state index contributed by atoms with van der Waals surface area (Å²) in [5.41, 5.74) is 1.75. The van der Waals surface area contributed by atoms with Crippen LogP contribution in [0.2, 0.25) is 0 Å². The zero-order valence-electron chi connectivity index (χ0n) is 9.86. The molecule has 1 amide bonds. The summed E-state index contributed by atoms with van der Waals surface area (Å²) in [4.78, 5) is 28.1. The molecule has 4 nitrogen and oxygen atoms in total. The zero-order valence-corrected chi connectivity index (χ0v) is 9.86. The summed E-state index contributed by atoms with van der Waals surface area (Å²) in [7, 11) is 1.68. The molecule has 16 heavy (non-hydrogen) atoms. The van der Waals surface area contributed by atoms with Crippen LogP contribution in [0.25, 0.3) is 0 Å². The fourth-order valence-electron chi connectivity index (χ4n) is 1.37. The molecule has 1 aromatic heterocycles. The summed E-state index contributed by atoms with van der Waals surface area (Å²) >= 11 is 0. The standard InChI is InChI=1S/C12H16N2O2/c1-9-5-4-6-11(13-9)8-14(3)12(16)7-10(2)15/h4-6H,7-8H2,1-3H3. The van der Waals surface area contributed by atoms with Crippen LogP contribution in [-0.4, -0.2) is 28.6 Å². The molecule has 0 saturated heterocycles. The second-order valence-electron chi connectivity index (χ2n) is 3.90. The number of nitrogens with zero attached hydrogens (tertiary/aromatic N) is 2. The summed E-state index contributed by atoms with van der Waals surface area (Å²) in [5, 5.41) is 0. The van der Waals surface area contributed by atoms with Gasteiger partial charge in [-0.25, -0.2) is 0 Å². The Hall–Kier alpha value is -1.71. The van der Waals surface area contributed by atoms with E-state index in [4.69, 9.17) is 0 Å². The first-order chi connectivity index (χ1) is 7.49. The van der Waals surface area contributed by atoms with Crippen LogP contribution >= 0.6 is 0 Å². The van der Waals surface area contributed by atoms with Gasteiger partial charge in [0.1, 0.15) is 5.78 Å². The number of hydrogen-bond donors (Lipinski definition) is 0. The van der Waals surface area contributed by atoms with Gasteiger partial charge in [0.25, 0.3) is 0 Å². The fraction of sp³-hybridized carbons (Fsp3) is 0.417. The molecule has 0 aromatic carbocycles. The van der Waals surface area contributed by atoms with E-state index >= 15 is 0 Å². The number of pyridine rings is 1. The maximum Gasteiger partial charge on any atom is 0.230 e. The lowest BCUT2D eigenvalue weighted by Crippen LogP contribution is -2.28. The van der Waals surface area contributed by atoms with Crippen LogP contribution in [0.4, 0.5) is 0 Å². The zero-order chi connectivity index (χ0) is 12.1. The summed E-state index contributed by atoms with van der Waals surface area (Å²) in [6.07, 6.45) is -0.0394. The largest absolute Gasteiger partial charge is 0.339 e. The summed E-state index contributed by atoms with van der Waals surface area (Å²) in [5.74, 6) is -0.287. The molecule has 0 aliphatic carbocycles. The number of carbonyl (C=O) groups is 2. The third kappa shape index (κ3) is 3.81. The van der Waals surface area contributed by atoms with Gasteiger partial charge in [-0.2, -0.15) is 0 Å². The molecule has 1 heterocycles. The van der Waals surface area contributed by atoms with Gasteiger partial charge >= 0.3 is 0 Å². The summed E-state index contributed by atoms with van der Waals surface area (Å²) in [6, 6.07) is 5.67. The maximum absolute atomic E-state index is 11.5. The van der Waals surface area contributed by atoms with Crippen molar-refractivity contribution in [2.24, 2.45) is 0 Å². The average Bonchev–Trinajstić information content (AvgIpc) is 2.16. The fourth-order valence-corrected chi connectivity index (χ4v) is 1.37. The minimum atomic E-state index is -0.171. The van der Waals surface area contributed by atoms with Crippen LogP contribution in [0, 0.1) is 6.92 Å². The van der Waals surface area contributed by atoms with Gasteiger partial charge in [-0.15, -0.1) is 0 Å². The first kappa shape index (κ1) is 12.4. The number of ketones is 1. The van der Waals surface area contributed by atoms with Crippen molar-refractivity contribution in [1.82, 2.24) is 9.88 Å². The van der Waals surface area contributed by atoms with Crippen molar-refractivity contribution in [1.29, 1.82) is 0 Å². The van der Waals surface area contributed by atoms with Crippen molar-refractivity contribution in [2.45, 2.75) is 26.8 Å². The lowest BCUT2D eigenvalue weighted by atomic mass is 10.2. The van der Waals surface area contributed by atoms with Crippen LogP contribution in [-0.2, 0) is 16.1 Å². The number of Topliss-reactive ketones (excluding diaryl/α,β-unsaturated/α-hetero) is 1. The molecule has 0 atom stereocenters. The second kappa shape index (κ2) is 5.39. The van der Waals surface area contributed by atoms with Crippen molar-refractivity contribution in [3.63, 3.8) is 0 Å². The minimum Gasteiger partial charge on any atom is -0.339 e. The van der Waals surface area contributed by atoms with Crippen LogP contribution < -0.4 is 0 Å². The highest BCUT2D eigenvalue weighted by molar-refractivity contribution is 5.96. The molecule has 0 aliphatic heterocycles. The Kier molecular flexibility index (Phi) is 4.17. The van der Waals surface area contributed by atoms with Crippen LogP contribution in [0.3, 0.4) is 0 Å². The molecule has 0 spiro atoms. The summed E-state index contributed by atoms with van der Waals surface area (Å²) in [6.45, 7) is 3.76. The Labute approximate surface area is 95.3 Å². The molecule has 0 fully saturated rings. The van der Waals surface area contributed by atoms with E-state index in [0.29, 0.717) is 6.54 Å². The van der Waals surface area contributed by atoms with E-state index in [0.717, 1.165) is 11.4 Å². The van der Waals surface area contributed by atoms with E-state index in [-0.39, 0.29) is 18.1 Å². The number of amides is 1. The van der Waals surface area contributed by atoms with E-state index in [1.807, 2.05) is 25.1 Å². The Morgan fingerprint density at radius 1 is 1.38 bits per heavy atom. The molecule has 1 aromatic rings. The first-order valence-corrected chi connectivity index (χ1v) is 5.15. The van der Waals surface area contributed by atoms with Crippen LogP contribution in [0.1, 0.15) is 24.7 Å². The van der Waals surface area contributed by atoms with Crippen molar-refractivity contribution in [3.05, 3.63) is 29.6 Å². The topological polar surface area (TPSA) is 50.3 Å². The van der Waals surface area contributed by atoms with E-state index in [2.05, 4.69) is 4.98 Å². The van der Waals surface area contributed by atoms with Crippen molar-refractivity contribution in [2.75, 3.05) is 7.05 Å². The van der Waals surface area contributed by atoms with Gasteiger partial charge in [0, 0.05) is 12.7 Å².